The molecule has 0 aromatic carbocycles. The molecule has 0 saturated carbocycles. The van der Waals surface area contributed by atoms with Gasteiger partial charge in [-0.25, -0.2) is 0 Å². The quantitative estimate of drug-likeness (QED) is 0.252. The third-order valence-electron chi connectivity index (χ3n) is 3.01. The number of hydrogen-bond donors (Lipinski definition) is 3. The van der Waals surface area contributed by atoms with Crippen molar-refractivity contribution >= 4 is 5.84 Å². The first-order valence-corrected chi connectivity index (χ1v) is 6.00. The number of nitrogens with two attached hydrogens (primary N) is 1. The molecule has 0 rings (SSSR count). The second kappa shape index (κ2) is 8.35. The molecular weight excluding hydrogens is 206 g/mol. The van der Waals surface area contributed by atoms with E-state index >= 15 is 0 Å². The predicted molar refractivity (Wildman–Crippen MR) is 65.6 cm³/mol. The largest absolute Gasteiger partial charge is 0.409 e. The maximum Gasteiger partial charge on any atom is 0.156 e. The van der Waals surface area contributed by atoms with Gasteiger partial charge in [0.25, 0.3) is 0 Å². The topological polar surface area (TPSA) is 82.1 Å². The Balaban J connectivity index is 4.83. The lowest BCUT2D eigenvalue weighted by Crippen LogP contribution is -2.50. The van der Waals surface area contributed by atoms with Crippen LogP contribution in [0, 0.1) is 0 Å². The summed E-state index contributed by atoms with van der Waals surface area (Å²) in [5, 5.41) is 20.9. The van der Waals surface area contributed by atoms with E-state index < -0.39 is 0 Å². The van der Waals surface area contributed by atoms with Crippen LogP contribution in [0.15, 0.2) is 5.16 Å². The zero-order valence-electron chi connectivity index (χ0n) is 10.6. The number of hydrogen-bond acceptors (Lipinski definition) is 4. The molecule has 0 heterocycles. The van der Waals surface area contributed by atoms with Gasteiger partial charge in [0.15, 0.2) is 5.84 Å². The van der Waals surface area contributed by atoms with Crippen LogP contribution in [-0.2, 0) is 0 Å². The van der Waals surface area contributed by atoms with E-state index in [0.717, 1.165) is 19.3 Å². The summed E-state index contributed by atoms with van der Waals surface area (Å²) in [7, 11) is 0. The zero-order chi connectivity index (χ0) is 12.6. The van der Waals surface area contributed by atoms with Crippen molar-refractivity contribution in [3.63, 3.8) is 0 Å². The first-order chi connectivity index (χ1) is 7.65. The minimum Gasteiger partial charge on any atom is -0.409 e. The minimum atomic E-state index is -0.0953. The van der Waals surface area contributed by atoms with E-state index in [1.54, 1.807) is 0 Å². The number of rotatable bonds is 8. The average Bonchev–Trinajstić information content (AvgIpc) is 2.31. The molecule has 0 fully saturated rings. The van der Waals surface area contributed by atoms with Crippen molar-refractivity contribution in [3.8, 4) is 0 Å². The number of nitrogens with zero attached hydrogens (tertiary/aromatic N) is 2. The maximum absolute atomic E-state index is 9.09. The maximum atomic E-state index is 9.09. The summed E-state index contributed by atoms with van der Waals surface area (Å²) in [6.07, 6.45) is 2.75. The fourth-order valence-electron chi connectivity index (χ4n) is 2.15. The van der Waals surface area contributed by atoms with Crippen LogP contribution in [0.25, 0.3) is 0 Å². The van der Waals surface area contributed by atoms with Crippen LogP contribution < -0.4 is 5.73 Å². The highest BCUT2D eigenvalue weighted by Crippen LogP contribution is 2.14. The van der Waals surface area contributed by atoms with Crippen molar-refractivity contribution in [1.82, 2.24) is 4.90 Å². The van der Waals surface area contributed by atoms with E-state index in [1.165, 1.54) is 0 Å². The van der Waals surface area contributed by atoms with Crippen LogP contribution in [0.5, 0.6) is 0 Å². The Kier molecular flexibility index (Phi) is 7.93. The van der Waals surface area contributed by atoms with Gasteiger partial charge in [0.05, 0.1) is 12.6 Å². The highest BCUT2D eigenvalue weighted by Gasteiger charge is 2.25. The van der Waals surface area contributed by atoms with Gasteiger partial charge in [-0.1, -0.05) is 25.9 Å². The third kappa shape index (κ3) is 3.98. The number of amidine groups is 1. The van der Waals surface area contributed by atoms with E-state index in [-0.39, 0.29) is 18.5 Å². The molecular formula is C11H25N3O2. The summed E-state index contributed by atoms with van der Waals surface area (Å²) in [6, 6.07) is 0.263. The van der Waals surface area contributed by atoms with Gasteiger partial charge in [0.1, 0.15) is 0 Å². The van der Waals surface area contributed by atoms with Crippen molar-refractivity contribution in [2.24, 2.45) is 10.9 Å². The summed E-state index contributed by atoms with van der Waals surface area (Å²) >= 11 is 0. The standard InChI is InChI=1S/C11H25N3O2/c1-4-9(5-2)14(7-8-15)10(6-3)11(12)13-16/h9-10,15-16H,4-8H2,1-3H3,(H2,12,13). The van der Waals surface area contributed by atoms with E-state index in [0.29, 0.717) is 12.6 Å². The van der Waals surface area contributed by atoms with Crippen LogP contribution in [0.1, 0.15) is 40.0 Å². The number of oxime groups is 1. The average molecular weight is 231 g/mol. The molecule has 5 heteroatoms. The molecule has 0 aromatic rings. The Morgan fingerprint density at radius 2 is 1.81 bits per heavy atom. The Labute approximate surface area is 97.9 Å². The molecule has 0 aliphatic carbocycles. The Bertz CT molecular complexity index is 205. The molecule has 16 heavy (non-hydrogen) atoms. The van der Waals surface area contributed by atoms with Gasteiger partial charge in [0.2, 0.25) is 0 Å². The SMILES string of the molecule is CCC(CC)N(CCO)C(CC)C(N)=NO. The molecule has 0 aliphatic heterocycles. The molecule has 0 bridgehead atoms. The highest BCUT2D eigenvalue weighted by atomic mass is 16.4. The van der Waals surface area contributed by atoms with Gasteiger partial charge in [-0.05, 0) is 19.3 Å². The van der Waals surface area contributed by atoms with Crippen LogP contribution in [0.2, 0.25) is 0 Å². The second-order valence-corrected chi connectivity index (χ2v) is 3.88. The molecule has 0 spiro atoms. The van der Waals surface area contributed by atoms with Crippen molar-refractivity contribution in [2.45, 2.75) is 52.1 Å². The van der Waals surface area contributed by atoms with Crippen LogP contribution in [-0.4, -0.2) is 46.3 Å². The predicted octanol–water partition coefficient (Wildman–Crippen LogP) is 0.994. The molecule has 0 radical (unpaired) electrons. The van der Waals surface area contributed by atoms with Gasteiger partial charge in [-0.2, -0.15) is 0 Å². The molecule has 0 saturated heterocycles. The van der Waals surface area contributed by atoms with E-state index in [1.807, 2.05) is 6.92 Å². The molecule has 0 aliphatic rings. The lowest BCUT2D eigenvalue weighted by molar-refractivity contribution is 0.119. The minimum absolute atomic E-state index is 0.0890. The Hall–Kier alpha value is -0.810. The fraction of sp³-hybridized carbons (Fsp3) is 0.909. The zero-order valence-corrected chi connectivity index (χ0v) is 10.6. The van der Waals surface area contributed by atoms with Gasteiger partial charge >= 0.3 is 0 Å². The summed E-state index contributed by atoms with van der Waals surface area (Å²) in [5.41, 5.74) is 5.68. The first-order valence-electron chi connectivity index (χ1n) is 6.00. The second-order valence-electron chi connectivity index (χ2n) is 3.88. The molecule has 96 valence electrons. The van der Waals surface area contributed by atoms with Crippen LogP contribution >= 0.6 is 0 Å². The van der Waals surface area contributed by atoms with Gasteiger partial charge in [0, 0.05) is 12.6 Å². The fourth-order valence-corrected chi connectivity index (χ4v) is 2.15. The van der Waals surface area contributed by atoms with Crippen LogP contribution in [0.3, 0.4) is 0 Å². The molecule has 1 atom stereocenters. The lowest BCUT2D eigenvalue weighted by atomic mass is 10.0. The van der Waals surface area contributed by atoms with Gasteiger partial charge < -0.3 is 16.0 Å². The summed E-state index contributed by atoms with van der Waals surface area (Å²) in [5.74, 6) is 0.225. The van der Waals surface area contributed by atoms with Crippen molar-refractivity contribution in [1.29, 1.82) is 0 Å². The van der Waals surface area contributed by atoms with E-state index in [9.17, 15) is 0 Å². The number of aliphatic hydroxyl groups is 1. The summed E-state index contributed by atoms with van der Waals surface area (Å²) in [6.45, 7) is 6.86. The molecule has 0 amide bonds. The van der Waals surface area contributed by atoms with Crippen LogP contribution in [0.4, 0.5) is 0 Å². The smallest absolute Gasteiger partial charge is 0.156 e. The first kappa shape index (κ1) is 15.2. The normalized spacial score (nSPS) is 14.8. The van der Waals surface area contributed by atoms with Gasteiger partial charge in [-0.15, -0.1) is 0 Å². The monoisotopic (exact) mass is 231 g/mol. The summed E-state index contributed by atoms with van der Waals surface area (Å²) < 4.78 is 0. The number of aliphatic hydroxyl groups excluding tert-OH is 1. The third-order valence-corrected chi connectivity index (χ3v) is 3.01. The molecule has 0 aromatic heterocycles. The van der Waals surface area contributed by atoms with E-state index in [4.69, 9.17) is 16.0 Å². The highest BCUT2D eigenvalue weighted by molar-refractivity contribution is 5.85. The van der Waals surface area contributed by atoms with Crippen molar-refractivity contribution < 1.29 is 10.3 Å². The van der Waals surface area contributed by atoms with Crippen molar-refractivity contribution in [2.75, 3.05) is 13.2 Å². The van der Waals surface area contributed by atoms with E-state index in [2.05, 4.69) is 23.9 Å². The molecule has 1 unspecified atom stereocenters. The Morgan fingerprint density at radius 1 is 1.25 bits per heavy atom. The van der Waals surface area contributed by atoms with Crippen molar-refractivity contribution in [3.05, 3.63) is 0 Å². The lowest BCUT2D eigenvalue weighted by Gasteiger charge is -2.35. The summed E-state index contributed by atoms with van der Waals surface area (Å²) in [4.78, 5) is 2.12. The van der Waals surface area contributed by atoms with Gasteiger partial charge in [-0.3, -0.25) is 4.90 Å². The Morgan fingerprint density at radius 3 is 2.12 bits per heavy atom. The molecule has 5 nitrogen and oxygen atoms in total. The molecule has 4 N–H and O–H groups in total.